The van der Waals surface area contributed by atoms with Crippen LogP contribution in [-0.4, -0.2) is 34.3 Å². The minimum Gasteiger partial charge on any atom is -0.338 e. The Kier molecular flexibility index (Phi) is 14.2. The number of carbonyl (C=O) groups excluding carboxylic acids is 1. The van der Waals surface area contributed by atoms with Gasteiger partial charge in [-0.3, -0.25) is 0 Å². The average Bonchev–Trinajstić information content (AvgIpc) is 3.16. The van der Waals surface area contributed by atoms with Gasteiger partial charge in [-0.25, -0.2) is 4.79 Å². The average molecular weight is 364 g/mol. The fraction of sp³-hybridized carbons (Fsp3) is 0.750. The summed E-state index contributed by atoms with van der Waals surface area (Å²) in [6.07, 6.45) is 20.0. The molecule has 0 radical (unpaired) electrons. The van der Waals surface area contributed by atoms with Crippen LogP contribution in [0.25, 0.3) is 0 Å². The zero-order valence-electron chi connectivity index (χ0n) is 16.4. The third-order valence-electron chi connectivity index (χ3n) is 4.32. The normalized spacial score (nSPS) is 11.1. The van der Waals surface area contributed by atoms with E-state index in [1.165, 1.54) is 44.9 Å². The maximum absolute atomic E-state index is 11.5. The van der Waals surface area contributed by atoms with Crippen molar-refractivity contribution in [1.82, 2.24) is 25.8 Å². The summed E-state index contributed by atoms with van der Waals surface area (Å²) in [6, 6.07) is -0.0278. The number of unbranched alkanes of at least 4 members (excludes halogenated alkanes) is 8. The molecule has 6 heteroatoms. The van der Waals surface area contributed by atoms with Crippen molar-refractivity contribution >= 4 is 6.03 Å². The van der Waals surface area contributed by atoms with E-state index < -0.39 is 0 Å². The summed E-state index contributed by atoms with van der Waals surface area (Å²) in [4.78, 5) is 14.5. The number of urea groups is 1. The van der Waals surface area contributed by atoms with Crippen molar-refractivity contribution in [3.8, 4) is 0 Å². The number of aromatic amines is 1. The van der Waals surface area contributed by atoms with Gasteiger partial charge in [0.15, 0.2) is 0 Å². The molecule has 0 aliphatic carbocycles. The fourth-order valence-electron chi connectivity index (χ4n) is 2.73. The minimum absolute atomic E-state index is 0.0278. The molecule has 2 amide bonds. The first kappa shape index (κ1) is 22.2. The highest BCUT2D eigenvalue weighted by atomic mass is 16.2. The van der Waals surface area contributed by atoms with Gasteiger partial charge in [-0.2, -0.15) is 0 Å². The van der Waals surface area contributed by atoms with Gasteiger partial charge in [0.1, 0.15) is 12.2 Å². The summed E-state index contributed by atoms with van der Waals surface area (Å²) in [5.74, 6) is 0.994. The zero-order chi connectivity index (χ0) is 18.7. The smallest absolute Gasteiger partial charge is 0.314 e. The lowest BCUT2D eigenvalue weighted by Gasteiger charge is -2.06. The number of nitrogens with one attached hydrogen (secondary N) is 3. The van der Waals surface area contributed by atoms with E-state index in [1.807, 2.05) is 0 Å². The standard InChI is InChI=1S/C20H37N5O/c1-2-3-13-16-21-20(26)22-17-14-11-9-7-5-4-6-8-10-12-15-19-23-18-24-25-19/h5,7,18H,2-4,6,8-17H2,1H3,(H2,21,22,26)(H,23,24,25)/b7-5-. The van der Waals surface area contributed by atoms with Crippen molar-refractivity contribution in [1.29, 1.82) is 0 Å². The molecule has 6 nitrogen and oxygen atoms in total. The summed E-state index contributed by atoms with van der Waals surface area (Å²) in [7, 11) is 0. The topological polar surface area (TPSA) is 82.7 Å². The summed E-state index contributed by atoms with van der Waals surface area (Å²) < 4.78 is 0. The van der Waals surface area contributed by atoms with Crippen LogP contribution in [0.15, 0.2) is 18.5 Å². The molecule has 1 heterocycles. The van der Waals surface area contributed by atoms with Gasteiger partial charge in [0, 0.05) is 19.5 Å². The van der Waals surface area contributed by atoms with Crippen molar-refractivity contribution in [3.63, 3.8) is 0 Å². The summed E-state index contributed by atoms with van der Waals surface area (Å²) in [5, 5.41) is 13.6. The Bertz CT molecular complexity index is 459. The summed E-state index contributed by atoms with van der Waals surface area (Å²) in [6.45, 7) is 3.71. The van der Waals surface area contributed by atoms with Crippen LogP contribution >= 0.6 is 0 Å². The molecular weight excluding hydrogens is 326 g/mol. The Labute approximate surface area is 158 Å². The highest BCUT2D eigenvalue weighted by Crippen LogP contribution is 2.07. The molecule has 0 saturated carbocycles. The predicted octanol–water partition coefficient (Wildman–Crippen LogP) is 4.51. The zero-order valence-corrected chi connectivity index (χ0v) is 16.4. The van der Waals surface area contributed by atoms with Gasteiger partial charge in [-0.1, -0.05) is 44.8 Å². The second kappa shape index (κ2) is 16.6. The second-order valence-corrected chi connectivity index (χ2v) is 6.75. The van der Waals surface area contributed by atoms with E-state index in [9.17, 15) is 4.79 Å². The summed E-state index contributed by atoms with van der Waals surface area (Å²) >= 11 is 0. The van der Waals surface area contributed by atoms with Gasteiger partial charge >= 0.3 is 6.03 Å². The third-order valence-corrected chi connectivity index (χ3v) is 4.32. The van der Waals surface area contributed by atoms with E-state index in [0.29, 0.717) is 0 Å². The van der Waals surface area contributed by atoms with Crippen molar-refractivity contribution in [3.05, 3.63) is 24.3 Å². The lowest BCUT2D eigenvalue weighted by Crippen LogP contribution is -2.36. The van der Waals surface area contributed by atoms with Gasteiger partial charge in [0.05, 0.1) is 0 Å². The molecule has 148 valence electrons. The number of aromatic nitrogens is 3. The number of nitrogens with zero attached hydrogens (tertiary/aromatic N) is 2. The van der Waals surface area contributed by atoms with E-state index in [1.54, 1.807) is 6.33 Å². The predicted molar refractivity (Wildman–Crippen MR) is 107 cm³/mol. The molecule has 0 aliphatic rings. The molecule has 3 N–H and O–H groups in total. The second-order valence-electron chi connectivity index (χ2n) is 6.75. The molecule has 0 aliphatic heterocycles. The molecule has 0 atom stereocenters. The van der Waals surface area contributed by atoms with Gasteiger partial charge in [-0.05, 0) is 44.9 Å². The first-order valence-corrected chi connectivity index (χ1v) is 10.3. The quantitative estimate of drug-likeness (QED) is 0.298. The number of amides is 2. The number of rotatable bonds is 16. The number of carbonyl (C=O) groups is 1. The highest BCUT2D eigenvalue weighted by molar-refractivity contribution is 5.73. The Balaban J connectivity index is 1.78. The number of allylic oxidation sites excluding steroid dienone is 2. The lowest BCUT2D eigenvalue weighted by atomic mass is 10.1. The van der Waals surface area contributed by atoms with Crippen molar-refractivity contribution in [2.24, 2.45) is 0 Å². The van der Waals surface area contributed by atoms with Gasteiger partial charge in [0.2, 0.25) is 0 Å². The molecule has 1 aromatic heterocycles. The van der Waals surface area contributed by atoms with Crippen molar-refractivity contribution in [2.45, 2.75) is 84.0 Å². The van der Waals surface area contributed by atoms with Crippen LogP contribution in [0.5, 0.6) is 0 Å². The molecular formula is C20H37N5O. The monoisotopic (exact) mass is 363 g/mol. The molecule has 26 heavy (non-hydrogen) atoms. The first-order valence-electron chi connectivity index (χ1n) is 10.3. The number of H-pyrrole nitrogens is 1. The molecule has 0 spiro atoms. The van der Waals surface area contributed by atoms with Crippen LogP contribution in [0.2, 0.25) is 0 Å². The van der Waals surface area contributed by atoms with Crippen molar-refractivity contribution < 1.29 is 4.79 Å². The molecule has 0 saturated heterocycles. The Morgan fingerprint density at radius 2 is 1.62 bits per heavy atom. The van der Waals surface area contributed by atoms with Crippen LogP contribution in [0.1, 0.15) is 83.4 Å². The van der Waals surface area contributed by atoms with Crippen LogP contribution in [-0.2, 0) is 6.42 Å². The fourth-order valence-corrected chi connectivity index (χ4v) is 2.73. The molecule has 0 fully saturated rings. The van der Waals surface area contributed by atoms with E-state index in [0.717, 1.165) is 51.0 Å². The van der Waals surface area contributed by atoms with Crippen LogP contribution < -0.4 is 10.6 Å². The molecule has 0 unspecified atom stereocenters. The van der Waals surface area contributed by atoms with Gasteiger partial charge in [-0.15, -0.1) is 10.2 Å². The van der Waals surface area contributed by atoms with E-state index in [4.69, 9.17) is 0 Å². The molecule has 1 aromatic rings. The molecule has 0 aromatic carbocycles. The maximum atomic E-state index is 11.5. The molecule has 0 bridgehead atoms. The number of hydrogen-bond donors (Lipinski definition) is 3. The van der Waals surface area contributed by atoms with Crippen LogP contribution in [0.4, 0.5) is 4.79 Å². The Morgan fingerprint density at radius 3 is 2.27 bits per heavy atom. The third kappa shape index (κ3) is 13.4. The largest absolute Gasteiger partial charge is 0.338 e. The van der Waals surface area contributed by atoms with Gasteiger partial charge in [0.25, 0.3) is 0 Å². The maximum Gasteiger partial charge on any atom is 0.314 e. The van der Waals surface area contributed by atoms with Gasteiger partial charge < -0.3 is 15.6 Å². The van der Waals surface area contributed by atoms with E-state index in [-0.39, 0.29) is 6.03 Å². The van der Waals surface area contributed by atoms with Crippen LogP contribution in [0, 0.1) is 0 Å². The Morgan fingerprint density at radius 1 is 0.962 bits per heavy atom. The highest BCUT2D eigenvalue weighted by Gasteiger charge is 1.98. The lowest BCUT2D eigenvalue weighted by molar-refractivity contribution is 0.240. The molecule has 1 rings (SSSR count). The van der Waals surface area contributed by atoms with E-state index >= 15 is 0 Å². The van der Waals surface area contributed by atoms with E-state index in [2.05, 4.69) is 44.9 Å². The minimum atomic E-state index is -0.0278. The summed E-state index contributed by atoms with van der Waals surface area (Å²) in [5.41, 5.74) is 0. The first-order chi connectivity index (χ1) is 12.8. The number of hydrogen-bond acceptors (Lipinski definition) is 3. The number of aryl methyl sites for hydroxylation is 1. The van der Waals surface area contributed by atoms with Crippen molar-refractivity contribution in [2.75, 3.05) is 13.1 Å². The van der Waals surface area contributed by atoms with Crippen LogP contribution in [0.3, 0.4) is 0 Å². The Hall–Kier alpha value is -1.85. The SMILES string of the molecule is CCCCCNC(=O)NCCCC/C=C\CCCCCCc1nnc[nH]1.